The number of hydrogen-bond donors (Lipinski definition) is 0. The van der Waals surface area contributed by atoms with Crippen molar-refractivity contribution >= 4 is 35.0 Å². The average molecular weight is 463 g/mol. The monoisotopic (exact) mass is 462 g/mol. The van der Waals surface area contributed by atoms with Gasteiger partial charge in [-0.2, -0.15) is 0 Å². The van der Waals surface area contributed by atoms with Crippen molar-refractivity contribution in [2.24, 2.45) is 0 Å². The van der Waals surface area contributed by atoms with E-state index < -0.39 is 0 Å². The van der Waals surface area contributed by atoms with Crippen molar-refractivity contribution in [3.8, 4) is 0 Å². The minimum absolute atomic E-state index is 0.362. The van der Waals surface area contributed by atoms with Crippen LogP contribution in [-0.4, -0.2) is 31.2 Å². The zero-order valence-electron chi connectivity index (χ0n) is 18.7. The van der Waals surface area contributed by atoms with Crippen LogP contribution in [0.25, 0.3) is 0 Å². The van der Waals surface area contributed by atoms with Crippen LogP contribution < -0.4 is 4.90 Å². The third-order valence-electron chi connectivity index (χ3n) is 5.89. The number of benzene rings is 2. The van der Waals surface area contributed by atoms with Crippen molar-refractivity contribution in [1.29, 1.82) is 0 Å². The molecule has 2 aromatic carbocycles. The molecule has 168 valence electrons. The molecular weight excluding hydrogens is 431 g/mol. The number of aryl methyl sites for hydroxylation is 2. The Morgan fingerprint density at radius 2 is 1.68 bits per heavy atom. The SMILES string of the molecule is CCCCN(CC)c1cc2c(cc1CN(Cc1cc(Cl)cc(Cl)c1)C(=O)OC)CCC2. The number of carbonyl (C=O) groups excluding carboxylic acids is 1. The number of rotatable bonds is 9. The first kappa shape index (κ1) is 23.7. The van der Waals surface area contributed by atoms with Gasteiger partial charge in [0, 0.05) is 35.4 Å². The Morgan fingerprint density at radius 3 is 2.29 bits per heavy atom. The molecule has 0 bridgehead atoms. The molecule has 2 aromatic rings. The second-order valence-electron chi connectivity index (χ2n) is 8.14. The van der Waals surface area contributed by atoms with Crippen LogP contribution in [0.15, 0.2) is 30.3 Å². The number of methoxy groups -OCH3 is 1. The van der Waals surface area contributed by atoms with E-state index in [9.17, 15) is 4.79 Å². The highest BCUT2D eigenvalue weighted by molar-refractivity contribution is 6.34. The van der Waals surface area contributed by atoms with E-state index in [2.05, 4.69) is 30.9 Å². The van der Waals surface area contributed by atoms with Gasteiger partial charge in [-0.25, -0.2) is 4.79 Å². The average Bonchev–Trinajstić information content (AvgIpc) is 3.19. The summed E-state index contributed by atoms with van der Waals surface area (Å²) < 4.78 is 5.11. The molecule has 0 spiro atoms. The lowest BCUT2D eigenvalue weighted by molar-refractivity contribution is 0.118. The fourth-order valence-corrected chi connectivity index (χ4v) is 4.89. The lowest BCUT2D eigenvalue weighted by Gasteiger charge is -2.29. The summed E-state index contributed by atoms with van der Waals surface area (Å²) in [6, 6.07) is 10.0. The van der Waals surface area contributed by atoms with Gasteiger partial charge < -0.3 is 9.64 Å². The van der Waals surface area contributed by atoms with Gasteiger partial charge in [-0.15, -0.1) is 0 Å². The van der Waals surface area contributed by atoms with Gasteiger partial charge >= 0.3 is 6.09 Å². The summed E-state index contributed by atoms with van der Waals surface area (Å²) in [6.07, 6.45) is 5.37. The number of fused-ring (bicyclic) bond motifs is 1. The highest BCUT2D eigenvalue weighted by Gasteiger charge is 2.22. The lowest BCUT2D eigenvalue weighted by Crippen LogP contribution is -2.32. The maximum atomic E-state index is 12.7. The van der Waals surface area contributed by atoms with Crippen LogP contribution in [0.4, 0.5) is 10.5 Å². The maximum absolute atomic E-state index is 12.7. The number of nitrogens with zero attached hydrogens (tertiary/aromatic N) is 2. The van der Waals surface area contributed by atoms with Gasteiger partial charge in [0.1, 0.15) is 0 Å². The maximum Gasteiger partial charge on any atom is 0.410 e. The van der Waals surface area contributed by atoms with Crippen LogP contribution in [0, 0.1) is 0 Å². The van der Waals surface area contributed by atoms with E-state index in [1.54, 1.807) is 11.0 Å². The smallest absolute Gasteiger partial charge is 0.410 e. The summed E-state index contributed by atoms with van der Waals surface area (Å²) in [4.78, 5) is 16.8. The largest absolute Gasteiger partial charge is 0.453 e. The molecular formula is C25H32Cl2N2O2. The van der Waals surface area contributed by atoms with Crippen molar-refractivity contribution in [3.63, 3.8) is 0 Å². The van der Waals surface area contributed by atoms with E-state index in [0.29, 0.717) is 23.1 Å². The van der Waals surface area contributed by atoms with Gasteiger partial charge in [-0.05, 0) is 79.1 Å². The van der Waals surface area contributed by atoms with Crippen molar-refractivity contribution in [2.45, 2.75) is 59.0 Å². The summed E-state index contributed by atoms with van der Waals surface area (Å²) in [7, 11) is 1.42. The first-order chi connectivity index (χ1) is 14.9. The van der Waals surface area contributed by atoms with Crippen LogP contribution in [0.5, 0.6) is 0 Å². The Hall–Kier alpha value is -1.91. The highest BCUT2D eigenvalue weighted by Crippen LogP contribution is 2.32. The summed E-state index contributed by atoms with van der Waals surface area (Å²) >= 11 is 12.4. The molecule has 0 saturated heterocycles. The first-order valence-electron chi connectivity index (χ1n) is 11.1. The molecule has 0 saturated carbocycles. The molecule has 1 aliphatic carbocycles. The van der Waals surface area contributed by atoms with Crippen LogP contribution in [-0.2, 0) is 30.7 Å². The highest BCUT2D eigenvalue weighted by atomic mass is 35.5. The van der Waals surface area contributed by atoms with Gasteiger partial charge in [-0.3, -0.25) is 4.90 Å². The van der Waals surface area contributed by atoms with Crippen molar-refractivity contribution in [3.05, 3.63) is 62.6 Å². The zero-order valence-corrected chi connectivity index (χ0v) is 20.2. The lowest BCUT2D eigenvalue weighted by atomic mass is 10.0. The van der Waals surface area contributed by atoms with Gasteiger partial charge in [0.2, 0.25) is 0 Å². The molecule has 0 unspecified atom stereocenters. The third-order valence-corrected chi connectivity index (χ3v) is 6.32. The second-order valence-corrected chi connectivity index (χ2v) is 9.01. The molecule has 0 fully saturated rings. The summed E-state index contributed by atoms with van der Waals surface area (Å²) in [5.74, 6) is 0. The molecule has 0 aromatic heterocycles. The van der Waals surface area contributed by atoms with Crippen LogP contribution in [0.1, 0.15) is 55.4 Å². The molecule has 0 radical (unpaired) electrons. The van der Waals surface area contributed by atoms with Gasteiger partial charge in [0.05, 0.1) is 13.7 Å². The van der Waals surface area contributed by atoms with E-state index in [0.717, 1.165) is 49.9 Å². The van der Waals surface area contributed by atoms with Crippen molar-refractivity contribution in [2.75, 3.05) is 25.1 Å². The Kier molecular flexibility index (Phi) is 8.50. The first-order valence-corrected chi connectivity index (χ1v) is 11.9. The Morgan fingerprint density at radius 1 is 1.00 bits per heavy atom. The molecule has 0 atom stereocenters. The van der Waals surface area contributed by atoms with E-state index in [1.165, 1.54) is 30.3 Å². The summed E-state index contributed by atoms with van der Waals surface area (Å²) in [5, 5.41) is 1.12. The van der Waals surface area contributed by atoms with Crippen molar-refractivity contribution in [1.82, 2.24) is 4.90 Å². The number of amides is 1. The number of carbonyl (C=O) groups is 1. The van der Waals surface area contributed by atoms with E-state index in [4.69, 9.17) is 27.9 Å². The molecule has 31 heavy (non-hydrogen) atoms. The topological polar surface area (TPSA) is 32.8 Å². The minimum atomic E-state index is -0.362. The number of hydrogen-bond acceptors (Lipinski definition) is 3. The Labute approximate surface area is 196 Å². The molecule has 3 rings (SSSR count). The van der Waals surface area contributed by atoms with E-state index >= 15 is 0 Å². The number of unbranched alkanes of at least 4 members (excludes halogenated alkanes) is 1. The van der Waals surface area contributed by atoms with Crippen LogP contribution in [0.3, 0.4) is 0 Å². The quantitative estimate of drug-likeness (QED) is 0.407. The summed E-state index contributed by atoms with van der Waals surface area (Å²) in [6.45, 7) is 7.21. The van der Waals surface area contributed by atoms with Gasteiger partial charge in [0.25, 0.3) is 0 Å². The summed E-state index contributed by atoms with van der Waals surface area (Å²) in [5.41, 5.74) is 6.12. The van der Waals surface area contributed by atoms with Crippen molar-refractivity contribution < 1.29 is 9.53 Å². The van der Waals surface area contributed by atoms with Gasteiger partial charge in [-0.1, -0.05) is 42.6 Å². The zero-order chi connectivity index (χ0) is 22.4. The number of halogens is 2. The van der Waals surface area contributed by atoms with E-state index in [1.807, 2.05) is 12.1 Å². The van der Waals surface area contributed by atoms with E-state index in [-0.39, 0.29) is 6.09 Å². The minimum Gasteiger partial charge on any atom is -0.453 e. The fourth-order valence-electron chi connectivity index (χ4n) is 4.32. The normalized spacial score (nSPS) is 12.5. The number of ether oxygens (including phenoxy) is 1. The molecule has 6 heteroatoms. The van der Waals surface area contributed by atoms with Crippen LogP contribution >= 0.6 is 23.2 Å². The predicted octanol–water partition coefficient (Wildman–Crippen LogP) is 6.88. The standard InChI is InChI=1S/C25H32Cl2N2O2/c1-4-6-10-28(5-2)24-14-20-9-7-8-19(20)13-21(24)17-29(25(30)31-3)16-18-11-22(26)15-23(27)12-18/h11-15H,4-10,16-17H2,1-3H3. The van der Waals surface area contributed by atoms with Gasteiger partial charge in [0.15, 0.2) is 0 Å². The molecule has 0 heterocycles. The Balaban J connectivity index is 1.94. The Bertz CT molecular complexity index is 896. The number of anilines is 1. The second kappa shape index (κ2) is 11.1. The molecule has 0 aliphatic heterocycles. The predicted molar refractivity (Wildman–Crippen MR) is 129 cm³/mol. The molecule has 1 aliphatic rings. The third kappa shape index (κ3) is 6.08. The molecule has 0 N–H and O–H groups in total. The fraction of sp³-hybridized carbons (Fsp3) is 0.480. The molecule has 4 nitrogen and oxygen atoms in total. The molecule has 1 amide bonds. The van der Waals surface area contributed by atoms with Crippen LogP contribution in [0.2, 0.25) is 10.0 Å².